The average molecular weight is 278 g/mol. The lowest BCUT2D eigenvalue weighted by Gasteiger charge is -2.11. The number of benzene rings is 1. The van der Waals surface area contributed by atoms with E-state index in [2.05, 4.69) is 43.1 Å². The molecule has 3 aromatic rings. The summed E-state index contributed by atoms with van der Waals surface area (Å²) in [5.74, 6) is 0.708. The number of anilines is 2. The molecular weight excluding hydrogens is 260 g/mol. The Balaban J connectivity index is 1.89. The fourth-order valence-corrected chi connectivity index (χ4v) is 3.10. The summed E-state index contributed by atoms with van der Waals surface area (Å²) >= 11 is 0. The van der Waals surface area contributed by atoms with Crippen LogP contribution in [-0.4, -0.2) is 23.0 Å². The first kappa shape index (κ1) is 12.3. The molecule has 1 aromatic carbocycles. The molecule has 2 N–H and O–H groups in total. The van der Waals surface area contributed by atoms with Crippen LogP contribution >= 0.6 is 0 Å². The fourth-order valence-electron chi connectivity index (χ4n) is 3.10. The number of aromatic nitrogens is 2. The van der Waals surface area contributed by atoms with Crippen LogP contribution in [0.5, 0.6) is 0 Å². The Hall–Kier alpha value is -2.49. The minimum absolute atomic E-state index is 0.708. The Morgan fingerprint density at radius 3 is 2.90 bits per heavy atom. The standard InChI is InChI=1S/C17H18N4/c1-11-3-6-15-19-16(17(18)21(15)10-11)13-4-5-14-12(9-13)7-8-20(14)2/h3-6,9-10H,7-8,18H2,1-2H3. The Labute approximate surface area is 123 Å². The largest absolute Gasteiger partial charge is 0.383 e. The number of aryl methyl sites for hydroxylation is 1. The van der Waals surface area contributed by atoms with E-state index in [1.54, 1.807) is 0 Å². The lowest BCUT2D eigenvalue weighted by atomic mass is 10.1. The van der Waals surface area contributed by atoms with Crippen molar-refractivity contribution in [1.29, 1.82) is 0 Å². The normalized spacial score (nSPS) is 13.9. The zero-order valence-electron chi connectivity index (χ0n) is 12.3. The van der Waals surface area contributed by atoms with Crippen LogP contribution < -0.4 is 10.6 Å². The second-order valence-electron chi connectivity index (χ2n) is 5.80. The Kier molecular flexibility index (Phi) is 2.48. The number of imidazole rings is 1. The molecule has 0 amide bonds. The third-order valence-electron chi connectivity index (χ3n) is 4.28. The van der Waals surface area contributed by atoms with Crippen molar-refractivity contribution in [3.63, 3.8) is 0 Å². The highest BCUT2D eigenvalue weighted by Gasteiger charge is 2.18. The molecule has 0 saturated carbocycles. The maximum absolute atomic E-state index is 6.30. The molecule has 4 rings (SSSR count). The Bertz CT molecular complexity index is 847. The van der Waals surface area contributed by atoms with Crippen LogP contribution in [0, 0.1) is 6.92 Å². The number of nitrogens with two attached hydrogens (primary N) is 1. The van der Waals surface area contributed by atoms with E-state index in [1.807, 2.05) is 16.7 Å². The molecule has 0 atom stereocenters. The van der Waals surface area contributed by atoms with Crippen molar-refractivity contribution in [2.24, 2.45) is 0 Å². The van der Waals surface area contributed by atoms with Crippen molar-refractivity contribution < 1.29 is 0 Å². The summed E-state index contributed by atoms with van der Waals surface area (Å²) in [4.78, 5) is 6.98. The van der Waals surface area contributed by atoms with Gasteiger partial charge in [0.15, 0.2) is 0 Å². The van der Waals surface area contributed by atoms with Gasteiger partial charge in [0, 0.05) is 31.0 Å². The van der Waals surface area contributed by atoms with Gasteiger partial charge >= 0.3 is 0 Å². The van der Waals surface area contributed by atoms with Gasteiger partial charge in [-0.05, 0) is 42.7 Å². The van der Waals surface area contributed by atoms with Crippen LogP contribution in [0.2, 0.25) is 0 Å². The van der Waals surface area contributed by atoms with E-state index in [4.69, 9.17) is 10.7 Å². The van der Waals surface area contributed by atoms with Gasteiger partial charge in [-0.3, -0.25) is 4.40 Å². The number of fused-ring (bicyclic) bond motifs is 2. The third-order valence-corrected chi connectivity index (χ3v) is 4.28. The van der Waals surface area contributed by atoms with E-state index in [-0.39, 0.29) is 0 Å². The highest BCUT2D eigenvalue weighted by molar-refractivity contribution is 5.77. The van der Waals surface area contributed by atoms with Gasteiger partial charge in [0.1, 0.15) is 17.2 Å². The van der Waals surface area contributed by atoms with E-state index in [9.17, 15) is 0 Å². The van der Waals surface area contributed by atoms with Crippen LogP contribution in [0.25, 0.3) is 16.9 Å². The van der Waals surface area contributed by atoms with Crippen LogP contribution in [0.3, 0.4) is 0 Å². The molecule has 0 aliphatic carbocycles. The number of hydrogen-bond acceptors (Lipinski definition) is 3. The Morgan fingerprint density at radius 1 is 1.19 bits per heavy atom. The zero-order chi connectivity index (χ0) is 14.6. The van der Waals surface area contributed by atoms with Crippen molar-refractivity contribution >= 4 is 17.2 Å². The smallest absolute Gasteiger partial charge is 0.139 e. The fraction of sp³-hybridized carbons (Fsp3) is 0.235. The van der Waals surface area contributed by atoms with Crippen molar-refractivity contribution in [2.45, 2.75) is 13.3 Å². The van der Waals surface area contributed by atoms with Gasteiger partial charge in [-0.25, -0.2) is 4.98 Å². The Morgan fingerprint density at radius 2 is 2.05 bits per heavy atom. The second-order valence-corrected chi connectivity index (χ2v) is 5.80. The highest BCUT2D eigenvalue weighted by atomic mass is 15.1. The van der Waals surface area contributed by atoms with E-state index >= 15 is 0 Å². The molecule has 4 heteroatoms. The molecule has 21 heavy (non-hydrogen) atoms. The van der Waals surface area contributed by atoms with Gasteiger partial charge in [0.2, 0.25) is 0 Å². The minimum Gasteiger partial charge on any atom is -0.383 e. The number of likely N-dealkylation sites (N-methyl/N-ethyl adjacent to an activating group) is 1. The molecule has 4 nitrogen and oxygen atoms in total. The van der Waals surface area contributed by atoms with Crippen molar-refractivity contribution in [1.82, 2.24) is 9.38 Å². The monoisotopic (exact) mass is 278 g/mol. The lowest BCUT2D eigenvalue weighted by molar-refractivity contribution is 0.956. The van der Waals surface area contributed by atoms with E-state index in [1.165, 1.54) is 16.8 Å². The molecule has 0 saturated heterocycles. The highest BCUT2D eigenvalue weighted by Crippen LogP contribution is 2.33. The SMILES string of the molecule is Cc1ccc2nc(-c3ccc4c(c3)CCN4C)c(N)n2c1. The molecule has 0 bridgehead atoms. The summed E-state index contributed by atoms with van der Waals surface area (Å²) in [7, 11) is 2.13. The average Bonchev–Trinajstić information content (AvgIpc) is 3.01. The summed E-state index contributed by atoms with van der Waals surface area (Å²) < 4.78 is 1.96. The van der Waals surface area contributed by atoms with E-state index in [0.717, 1.165) is 29.9 Å². The molecule has 3 heterocycles. The molecule has 0 spiro atoms. The van der Waals surface area contributed by atoms with Crippen LogP contribution in [0.1, 0.15) is 11.1 Å². The summed E-state index contributed by atoms with van der Waals surface area (Å²) in [6.45, 7) is 3.14. The van der Waals surface area contributed by atoms with Gasteiger partial charge in [0.25, 0.3) is 0 Å². The summed E-state index contributed by atoms with van der Waals surface area (Å²) in [6.07, 6.45) is 3.12. The molecule has 2 aromatic heterocycles. The van der Waals surface area contributed by atoms with Crippen LogP contribution in [0.15, 0.2) is 36.5 Å². The first-order valence-electron chi connectivity index (χ1n) is 7.22. The third kappa shape index (κ3) is 1.79. The first-order valence-corrected chi connectivity index (χ1v) is 7.22. The summed E-state index contributed by atoms with van der Waals surface area (Å²) in [5, 5.41) is 0. The number of hydrogen-bond donors (Lipinski definition) is 1. The van der Waals surface area contributed by atoms with Gasteiger partial charge in [0.05, 0.1) is 0 Å². The number of rotatable bonds is 1. The van der Waals surface area contributed by atoms with Crippen LogP contribution in [0.4, 0.5) is 11.5 Å². The summed E-state index contributed by atoms with van der Waals surface area (Å²) in [6, 6.07) is 10.6. The number of nitrogen functional groups attached to an aromatic ring is 1. The molecule has 0 fully saturated rings. The van der Waals surface area contributed by atoms with Gasteiger partial charge in [-0.2, -0.15) is 0 Å². The zero-order valence-corrected chi connectivity index (χ0v) is 12.3. The van der Waals surface area contributed by atoms with E-state index in [0.29, 0.717) is 5.82 Å². The maximum Gasteiger partial charge on any atom is 0.139 e. The number of pyridine rings is 1. The molecular formula is C17H18N4. The lowest BCUT2D eigenvalue weighted by Crippen LogP contribution is -2.12. The molecule has 1 aliphatic rings. The quantitative estimate of drug-likeness (QED) is 0.744. The van der Waals surface area contributed by atoms with E-state index < -0.39 is 0 Å². The first-order chi connectivity index (χ1) is 10.1. The predicted molar refractivity (Wildman–Crippen MR) is 86.8 cm³/mol. The topological polar surface area (TPSA) is 46.6 Å². The molecule has 1 aliphatic heterocycles. The van der Waals surface area contributed by atoms with Crippen molar-refractivity contribution in [2.75, 3.05) is 24.2 Å². The van der Waals surface area contributed by atoms with Crippen molar-refractivity contribution in [3.05, 3.63) is 47.7 Å². The second kappa shape index (κ2) is 4.25. The number of nitrogens with zero attached hydrogens (tertiary/aromatic N) is 3. The van der Waals surface area contributed by atoms with Gasteiger partial charge < -0.3 is 10.6 Å². The minimum atomic E-state index is 0.708. The molecule has 106 valence electrons. The maximum atomic E-state index is 6.30. The molecule has 0 radical (unpaired) electrons. The predicted octanol–water partition coefficient (Wildman–Crippen LogP) is 2.88. The molecule has 0 unspecified atom stereocenters. The van der Waals surface area contributed by atoms with Gasteiger partial charge in [-0.1, -0.05) is 12.1 Å². The summed E-state index contributed by atoms with van der Waals surface area (Å²) in [5.41, 5.74) is 13.0. The van der Waals surface area contributed by atoms with Crippen LogP contribution in [-0.2, 0) is 6.42 Å². The van der Waals surface area contributed by atoms with Crippen molar-refractivity contribution in [3.8, 4) is 11.3 Å². The van der Waals surface area contributed by atoms with Gasteiger partial charge in [-0.15, -0.1) is 0 Å².